The molecule has 1 fully saturated rings. The molecule has 0 N–H and O–H groups in total. The molecule has 35 heavy (non-hydrogen) atoms. The number of rotatable bonds is 10. The van der Waals surface area contributed by atoms with Crippen molar-refractivity contribution in [3.05, 3.63) is 55.6 Å². The van der Waals surface area contributed by atoms with Gasteiger partial charge in [-0.05, 0) is 69.7 Å². The fourth-order valence-corrected chi connectivity index (χ4v) is 5.32. The van der Waals surface area contributed by atoms with Crippen LogP contribution in [0.25, 0.3) is 0 Å². The number of aromatic nitrogens is 5. The summed E-state index contributed by atoms with van der Waals surface area (Å²) in [7, 11) is 1.84. The highest BCUT2D eigenvalue weighted by Crippen LogP contribution is 2.47. The molecule has 1 unspecified atom stereocenters. The molecule has 0 amide bonds. The highest BCUT2D eigenvalue weighted by Gasteiger charge is 2.47. The van der Waals surface area contributed by atoms with Gasteiger partial charge in [-0.1, -0.05) is 6.92 Å². The van der Waals surface area contributed by atoms with E-state index in [1.807, 2.05) is 75.5 Å². The molecule has 8 nitrogen and oxygen atoms in total. The van der Waals surface area contributed by atoms with E-state index in [4.69, 9.17) is 14.2 Å². The van der Waals surface area contributed by atoms with E-state index in [0.29, 0.717) is 12.5 Å². The molecule has 190 valence electrons. The largest absolute Gasteiger partial charge is 0.493 e. The van der Waals surface area contributed by atoms with Gasteiger partial charge in [0, 0.05) is 44.4 Å². The van der Waals surface area contributed by atoms with Gasteiger partial charge in [-0.15, -0.1) is 0 Å². The number of benzene rings is 1. The van der Waals surface area contributed by atoms with E-state index in [1.54, 1.807) is 12.7 Å². The molecular weight excluding hydrogens is 442 g/mol. The summed E-state index contributed by atoms with van der Waals surface area (Å²) >= 11 is 0. The van der Waals surface area contributed by atoms with E-state index in [0.717, 1.165) is 43.9 Å². The van der Waals surface area contributed by atoms with Crippen molar-refractivity contribution in [3.8, 4) is 11.5 Å². The van der Waals surface area contributed by atoms with E-state index in [-0.39, 0.29) is 23.0 Å². The van der Waals surface area contributed by atoms with Crippen molar-refractivity contribution in [2.24, 2.45) is 17.3 Å². The fraction of sp³-hybridized carbons (Fsp3) is 0.593. The van der Waals surface area contributed by atoms with Crippen LogP contribution in [-0.4, -0.2) is 49.7 Å². The highest BCUT2D eigenvalue weighted by atomic mass is 16.5. The van der Waals surface area contributed by atoms with Crippen molar-refractivity contribution < 1.29 is 14.2 Å². The lowest BCUT2D eigenvalue weighted by atomic mass is 9.62. The smallest absolute Gasteiger partial charge is 0.137 e. The summed E-state index contributed by atoms with van der Waals surface area (Å²) in [4.78, 5) is 8.34. The second-order valence-electron chi connectivity index (χ2n) is 10.9. The molecule has 1 saturated carbocycles. The van der Waals surface area contributed by atoms with Gasteiger partial charge in [0.15, 0.2) is 0 Å². The second-order valence-corrected chi connectivity index (χ2v) is 10.9. The third kappa shape index (κ3) is 6.63. The van der Waals surface area contributed by atoms with Crippen LogP contribution in [0.2, 0.25) is 0 Å². The Morgan fingerprint density at radius 1 is 1.09 bits per heavy atom. The molecule has 3 aromatic rings. The molecule has 2 aromatic heterocycles. The van der Waals surface area contributed by atoms with Gasteiger partial charge >= 0.3 is 0 Å². The van der Waals surface area contributed by atoms with Crippen molar-refractivity contribution in [2.45, 2.75) is 71.8 Å². The molecule has 0 aliphatic heterocycles. The monoisotopic (exact) mass is 481 g/mol. The first-order valence-electron chi connectivity index (χ1n) is 12.5. The van der Waals surface area contributed by atoms with Gasteiger partial charge in [-0.3, -0.25) is 4.68 Å². The highest BCUT2D eigenvalue weighted by molar-refractivity contribution is 5.31. The first-order chi connectivity index (χ1) is 16.8. The summed E-state index contributed by atoms with van der Waals surface area (Å²) in [5.74, 6) is 2.30. The quantitative estimate of drug-likeness (QED) is 0.411. The van der Waals surface area contributed by atoms with Gasteiger partial charge < -0.3 is 18.8 Å². The predicted molar refractivity (Wildman–Crippen MR) is 134 cm³/mol. The van der Waals surface area contributed by atoms with Crippen LogP contribution < -0.4 is 9.47 Å². The number of imidazole rings is 1. The minimum atomic E-state index is -0.223. The number of methoxy groups -OCH3 is 1. The Hall–Kier alpha value is -2.87. The molecule has 1 aromatic carbocycles. The fourth-order valence-electron chi connectivity index (χ4n) is 5.32. The maximum atomic E-state index is 6.29. The first kappa shape index (κ1) is 25.2. The third-order valence-corrected chi connectivity index (χ3v) is 7.10. The Kier molecular flexibility index (Phi) is 7.79. The molecule has 0 spiro atoms. The summed E-state index contributed by atoms with van der Waals surface area (Å²) in [6, 6.07) is 7.91. The second kappa shape index (κ2) is 10.8. The standard InChI is InChI=1S/C27H39N5O3/c1-26(2,3)35-23-8-6-22(7-9-23)34-17-21-10-11-27(4,12-14-31-15-13-28-19-31)25(33-5)24(21)16-32-20-29-18-30-32/h6-9,13,15,18-21,24-25H,10-12,14,16-17H2,1-5H3/t21-,24-,25?,27-/m0/s1. The zero-order valence-corrected chi connectivity index (χ0v) is 21.6. The Balaban J connectivity index is 1.45. The van der Waals surface area contributed by atoms with E-state index in [9.17, 15) is 0 Å². The molecule has 4 atom stereocenters. The van der Waals surface area contributed by atoms with Gasteiger partial charge in [0.25, 0.3) is 0 Å². The van der Waals surface area contributed by atoms with E-state index < -0.39 is 0 Å². The molecule has 0 radical (unpaired) electrons. The van der Waals surface area contributed by atoms with Crippen LogP contribution in [0, 0.1) is 17.3 Å². The lowest BCUT2D eigenvalue weighted by molar-refractivity contribution is -0.110. The number of hydrogen-bond donors (Lipinski definition) is 0. The van der Waals surface area contributed by atoms with Crippen molar-refractivity contribution >= 4 is 0 Å². The normalized spacial score (nSPS) is 24.9. The average molecular weight is 482 g/mol. The molecular formula is C27H39N5O3. The minimum Gasteiger partial charge on any atom is -0.493 e. The van der Waals surface area contributed by atoms with Crippen LogP contribution in [0.3, 0.4) is 0 Å². The molecule has 1 aliphatic rings. The molecule has 2 heterocycles. The topological polar surface area (TPSA) is 76.2 Å². The summed E-state index contributed by atoms with van der Waals surface area (Å²) in [6.07, 6.45) is 12.4. The average Bonchev–Trinajstić information content (AvgIpc) is 3.52. The van der Waals surface area contributed by atoms with E-state index in [2.05, 4.69) is 26.6 Å². The lowest BCUT2D eigenvalue weighted by Gasteiger charge is -2.49. The maximum absolute atomic E-state index is 6.29. The van der Waals surface area contributed by atoms with Crippen molar-refractivity contribution in [1.82, 2.24) is 24.3 Å². The van der Waals surface area contributed by atoms with Crippen LogP contribution >= 0.6 is 0 Å². The molecule has 4 rings (SSSR count). The van der Waals surface area contributed by atoms with Crippen LogP contribution in [0.4, 0.5) is 0 Å². The summed E-state index contributed by atoms with van der Waals surface area (Å²) in [6.45, 7) is 10.8. The molecule has 8 heteroatoms. The third-order valence-electron chi connectivity index (χ3n) is 7.10. The maximum Gasteiger partial charge on any atom is 0.137 e. The molecule has 0 saturated heterocycles. The summed E-state index contributed by atoms with van der Waals surface area (Å²) < 4.78 is 22.5. The van der Waals surface area contributed by atoms with Crippen molar-refractivity contribution in [1.29, 1.82) is 0 Å². The Bertz CT molecular complexity index is 1010. The van der Waals surface area contributed by atoms with E-state index >= 15 is 0 Å². The van der Waals surface area contributed by atoms with Crippen LogP contribution in [0.1, 0.15) is 47.0 Å². The molecule has 1 aliphatic carbocycles. The number of ether oxygens (including phenoxy) is 3. The SMILES string of the molecule is COC1[C@@H](Cn2cncn2)[C@H](COc2ccc(OC(C)(C)C)cc2)CC[C@@]1(C)CCn1ccnc1. The van der Waals surface area contributed by atoms with Crippen LogP contribution in [0.5, 0.6) is 11.5 Å². The zero-order chi connectivity index (χ0) is 24.9. The van der Waals surface area contributed by atoms with Gasteiger partial charge in [0.2, 0.25) is 0 Å². The van der Waals surface area contributed by atoms with Crippen molar-refractivity contribution in [2.75, 3.05) is 13.7 Å². The van der Waals surface area contributed by atoms with Crippen molar-refractivity contribution in [3.63, 3.8) is 0 Å². The Labute approximate surface area is 208 Å². The number of aryl methyl sites for hydroxylation is 1. The zero-order valence-electron chi connectivity index (χ0n) is 21.6. The van der Waals surface area contributed by atoms with Crippen LogP contribution in [-0.2, 0) is 17.8 Å². The van der Waals surface area contributed by atoms with Crippen LogP contribution in [0.15, 0.2) is 55.6 Å². The first-order valence-corrected chi connectivity index (χ1v) is 12.5. The van der Waals surface area contributed by atoms with Gasteiger partial charge in [0.1, 0.15) is 29.8 Å². The molecule has 0 bridgehead atoms. The van der Waals surface area contributed by atoms with Gasteiger partial charge in [-0.2, -0.15) is 5.10 Å². The Morgan fingerprint density at radius 2 is 1.86 bits per heavy atom. The van der Waals surface area contributed by atoms with Gasteiger partial charge in [0.05, 0.1) is 19.0 Å². The Morgan fingerprint density at radius 3 is 2.49 bits per heavy atom. The van der Waals surface area contributed by atoms with Gasteiger partial charge in [-0.25, -0.2) is 9.97 Å². The minimum absolute atomic E-state index is 0.0483. The number of nitrogens with zero attached hydrogens (tertiary/aromatic N) is 5. The summed E-state index contributed by atoms with van der Waals surface area (Å²) in [5, 5.41) is 4.39. The lowest BCUT2D eigenvalue weighted by Crippen LogP contribution is -2.50. The number of hydrogen-bond acceptors (Lipinski definition) is 6. The predicted octanol–water partition coefficient (Wildman–Crippen LogP) is 4.87. The summed E-state index contributed by atoms with van der Waals surface area (Å²) in [5.41, 5.74) is -0.175. The van der Waals surface area contributed by atoms with E-state index in [1.165, 1.54) is 0 Å².